The zero-order valence-corrected chi connectivity index (χ0v) is 22.8. The van der Waals surface area contributed by atoms with Crippen molar-refractivity contribution in [2.75, 3.05) is 24.2 Å². The van der Waals surface area contributed by atoms with Crippen LogP contribution >= 0.6 is 0 Å². The van der Waals surface area contributed by atoms with Crippen molar-refractivity contribution < 1.29 is 22.0 Å². The van der Waals surface area contributed by atoms with E-state index in [-0.39, 0.29) is 23.4 Å². The maximum atomic E-state index is 14.2. The number of nitrogens with two attached hydrogens (primary N) is 1. The number of nitrogens with one attached hydrogen (secondary N) is 1. The molecule has 0 saturated carbocycles. The number of alkyl halides is 2. The number of hydrogen-bond acceptors (Lipinski definition) is 8. The van der Waals surface area contributed by atoms with Crippen LogP contribution in [0.25, 0.3) is 22.3 Å². The summed E-state index contributed by atoms with van der Waals surface area (Å²) < 4.78 is 52.4. The number of hydrogen-bond donors (Lipinski definition) is 2. The summed E-state index contributed by atoms with van der Waals surface area (Å²) in [5, 5.41) is 3.54. The number of nitrogens with zero attached hydrogens (tertiary/aromatic N) is 4. The number of aromatic nitrogens is 3. The van der Waals surface area contributed by atoms with Gasteiger partial charge in [-0.3, -0.25) is 9.78 Å². The smallest absolute Gasteiger partial charge is 0.280 e. The Morgan fingerprint density at radius 1 is 1.12 bits per heavy atom. The number of rotatable bonds is 6. The number of anilines is 1. The van der Waals surface area contributed by atoms with Crippen molar-refractivity contribution in [3.8, 4) is 11.4 Å². The zero-order chi connectivity index (χ0) is 28.7. The van der Waals surface area contributed by atoms with Crippen molar-refractivity contribution in [2.45, 2.75) is 36.7 Å². The molecule has 40 heavy (non-hydrogen) atoms. The van der Waals surface area contributed by atoms with Crippen LogP contribution in [0.3, 0.4) is 0 Å². The van der Waals surface area contributed by atoms with Gasteiger partial charge in [0.1, 0.15) is 5.82 Å². The lowest BCUT2D eigenvalue weighted by molar-refractivity contribution is -0.0301. The van der Waals surface area contributed by atoms with E-state index in [1.807, 2.05) is 6.07 Å². The molecule has 0 spiro atoms. The number of sulfone groups is 1. The van der Waals surface area contributed by atoms with Crippen LogP contribution in [0.2, 0.25) is 0 Å². The van der Waals surface area contributed by atoms with E-state index < -0.39 is 34.3 Å². The third-order valence-electron chi connectivity index (χ3n) is 6.89. The van der Waals surface area contributed by atoms with Crippen LogP contribution in [0, 0.1) is 6.92 Å². The van der Waals surface area contributed by atoms with Crippen LogP contribution in [-0.2, 0) is 16.4 Å². The minimum Gasteiger partial charge on any atom is -0.350 e. The van der Waals surface area contributed by atoms with Gasteiger partial charge in [0.05, 0.1) is 46.6 Å². The Bertz CT molecular complexity index is 1710. The van der Waals surface area contributed by atoms with Gasteiger partial charge in [0, 0.05) is 29.9 Å². The van der Waals surface area contributed by atoms with E-state index in [9.17, 15) is 22.0 Å². The second kappa shape index (κ2) is 10.5. The quantitative estimate of drug-likeness (QED) is 0.363. The van der Waals surface area contributed by atoms with Gasteiger partial charge in [-0.25, -0.2) is 27.2 Å². The van der Waals surface area contributed by atoms with Crippen molar-refractivity contribution in [2.24, 2.45) is 5.73 Å². The summed E-state index contributed by atoms with van der Waals surface area (Å²) in [6.45, 7) is 1.67. The van der Waals surface area contributed by atoms with E-state index in [0.29, 0.717) is 40.5 Å². The number of carbonyl (C=O) groups excluding carboxylic acids is 1. The first-order valence-electron chi connectivity index (χ1n) is 12.6. The number of halogens is 2. The number of pyridine rings is 3. The molecule has 1 fully saturated rings. The fraction of sp³-hybridized carbons (Fsp3) is 0.286. The minimum atomic E-state index is -3.47. The second-order valence-corrected chi connectivity index (χ2v) is 11.9. The zero-order valence-electron chi connectivity index (χ0n) is 21.9. The fourth-order valence-electron chi connectivity index (χ4n) is 4.61. The molecule has 1 aliphatic rings. The molecule has 12 heteroatoms. The molecule has 208 valence electrons. The van der Waals surface area contributed by atoms with Gasteiger partial charge in [-0.1, -0.05) is 12.1 Å². The number of benzene rings is 1. The van der Waals surface area contributed by atoms with E-state index >= 15 is 0 Å². The first kappa shape index (κ1) is 27.5. The van der Waals surface area contributed by atoms with E-state index in [2.05, 4.69) is 15.3 Å². The highest BCUT2D eigenvalue weighted by Crippen LogP contribution is 2.30. The Morgan fingerprint density at radius 2 is 1.90 bits per heavy atom. The van der Waals surface area contributed by atoms with E-state index in [0.717, 1.165) is 11.6 Å². The molecule has 5 rings (SSSR count). The SMILES string of the molecule is Cc1ccc(C(=O)NCc2cc3nc(-c4cccc(N5CC[C@@H](N)C(F)(F)C5)n4)ccc3cn2)cc1S(C)(=O)=O. The molecule has 1 aromatic carbocycles. The molecule has 0 unspecified atom stereocenters. The molecule has 0 radical (unpaired) electrons. The average Bonchev–Trinajstić information content (AvgIpc) is 2.92. The molecule has 9 nitrogen and oxygen atoms in total. The van der Waals surface area contributed by atoms with Crippen LogP contribution in [0.5, 0.6) is 0 Å². The monoisotopic (exact) mass is 566 g/mol. The molecule has 4 heterocycles. The van der Waals surface area contributed by atoms with Gasteiger partial charge in [0.25, 0.3) is 11.8 Å². The summed E-state index contributed by atoms with van der Waals surface area (Å²) in [5.74, 6) is -3.00. The lowest BCUT2D eigenvalue weighted by Gasteiger charge is -2.37. The van der Waals surface area contributed by atoms with Gasteiger partial charge in [-0.05, 0) is 61.4 Å². The second-order valence-electron chi connectivity index (χ2n) is 9.96. The van der Waals surface area contributed by atoms with Gasteiger partial charge < -0.3 is 16.0 Å². The number of fused-ring (bicyclic) bond motifs is 1. The highest BCUT2D eigenvalue weighted by Gasteiger charge is 2.42. The van der Waals surface area contributed by atoms with Crippen LogP contribution in [0.15, 0.2) is 65.7 Å². The van der Waals surface area contributed by atoms with Crippen molar-refractivity contribution >= 4 is 32.5 Å². The van der Waals surface area contributed by atoms with Crippen molar-refractivity contribution in [3.63, 3.8) is 0 Å². The summed E-state index contributed by atoms with van der Waals surface area (Å²) in [5.41, 5.74) is 8.63. The first-order chi connectivity index (χ1) is 18.9. The standard InChI is InChI=1S/C28H28F2N6O3S/c1-17-6-7-18(12-24(17)40(2,38)39)27(37)33-15-20-13-23-19(14-32-20)8-9-22(34-23)21-4-3-5-26(35-21)36-11-10-25(31)28(29,30)16-36/h3-9,12-14,25H,10-11,15-16,31H2,1-2H3,(H,33,37)/t25-/m1/s1. The van der Waals surface area contributed by atoms with Crippen LogP contribution in [0.1, 0.15) is 28.0 Å². The molecule has 1 amide bonds. The Kier molecular flexibility index (Phi) is 7.23. The van der Waals surface area contributed by atoms with Gasteiger partial charge in [-0.15, -0.1) is 0 Å². The molecular formula is C28H28F2N6O3S. The number of aryl methyl sites for hydroxylation is 1. The van der Waals surface area contributed by atoms with Gasteiger partial charge in [-0.2, -0.15) is 0 Å². The molecule has 0 aliphatic carbocycles. The summed E-state index contributed by atoms with van der Waals surface area (Å²) >= 11 is 0. The highest BCUT2D eigenvalue weighted by molar-refractivity contribution is 7.90. The molecule has 0 bridgehead atoms. The lowest BCUT2D eigenvalue weighted by Crippen LogP contribution is -2.55. The number of piperidine rings is 1. The number of amides is 1. The summed E-state index contributed by atoms with van der Waals surface area (Å²) in [6, 6.07) is 13.9. The maximum absolute atomic E-state index is 14.2. The molecule has 3 aromatic heterocycles. The molecule has 3 N–H and O–H groups in total. The van der Waals surface area contributed by atoms with Crippen molar-refractivity contribution in [1.82, 2.24) is 20.3 Å². The van der Waals surface area contributed by atoms with Gasteiger partial charge in [0.2, 0.25) is 0 Å². The number of carbonyl (C=O) groups is 1. The summed E-state index contributed by atoms with van der Waals surface area (Å²) in [4.78, 5) is 28.0. The largest absolute Gasteiger partial charge is 0.350 e. The Morgan fingerprint density at radius 3 is 2.65 bits per heavy atom. The normalized spacial score (nSPS) is 17.1. The highest BCUT2D eigenvalue weighted by atomic mass is 32.2. The molecule has 4 aromatic rings. The van der Waals surface area contributed by atoms with E-state index in [4.69, 9.17) is 10.7 Å². The Hall–Kier alpha value is -4.03. The van der Waals surface area contributed by atoms with Gasteiger partial charge in [0.15, 0.2) is 9.84 Å². The van der Waals surface area contributed by atoms with Crippen LogP contribution < -0.4 is 16.0 Å². The lowest BCUT2D eigenvalue weighted by atomic mass is 10.0. The van der Waals surface area contributed by atoms with E-state index in [1.165, 1.54) is 11.0 Å². The maximum Gasteiger partial charge on any atom is 0.280 e. The predicted molar refractivity (Wildman–Crippen MR) is 148 cm³/mol. The molecular weight excluding hydrogens is 538 g/mol. The molecule has 1 aliphatic heterocycles. The first-order valence-corrected chi connectivity index (χ1v) is 14.5. The van der Waals surface area contributed by atoms with Crippen LogP contribution in [-0.4, -0.2) is 60.6 Å². The topological polar surface area (TPSA) is 131 Å². The average molecular weight is 567 g/mol. The minimum absolute atomic E-state index is 0.0990. The summed E-state index contributed by atoms with van der Waals surface area (Å²) in [7, 11) is -3.47. The summed E-state index contributed by atoms with van der Waals surface area (Å²) in [6.07, 6.45) is 2.91. The predicted octanol–water partition coefficient (Wildman–Crippen LogP) is 3.51. The van der Waals surface area contributed by atoms with Crippen LogP contribution in [0.4, 0.5) is 14.6 Å². The Balaban J connectivity index is 1.34. The van der Waals surface area contributed by atoms with E-state index in [1.54, 1.807) is 55.6 Å². The fourth-order valence-corrected chi connectivity index (χ4v) is 5.60. The molecule has 1 atom stereocenters. The van der Waals surface area contributed by atoms with Crippen molar-refractivity contribution in [1.29, 1.82) is 0 Å². The third-order valence-corrected chi connectivity index (χ3v) is 8.12. The molecule has 1 saturated heterocycles. The van der Waals surface area contributed by atoms with Crippen molar-refractivity contribution in [3.05, 3.63) is 77.6 Å². The Labute approximate surface area is 230 Å². The van der Waals surface area contributed by atoms with Gasteiger partial charge >= 0.3 is 0 Å². The third kappa shape index (κ3) is 5.77.